The summed E-state index contributed by atoms with van der Waals surface area (Å²) in [7, 11) is 0. The molecule has 1 saturated heterocycles. The quantitative estimate of drug-likeness (QED) is 0.734. The third-order valence-electron chi connectivity index (χ3n) is 6.30. The van der Waals surface area contributed by atoms with Crippen LogP contribution in [0.25, 0.3) is 0 Å². The Hall–Kier alpha value is -2.28. The van der Waals surface area contributed by atoms with E-state index in [1.54, 1.807) is 0 Å². The standard InChI is InChI=1S/C20H23NO6/c1-10(22)26-17-5-12-3-4-21-8-13-6-15-16(25-9-24-15)7-14(13)18(19(12)21)20(17)27-11(2)23/h6-7,12,17-20H,3-5,8-9H2,1-2H3/t12-,17+,18+,19-,20-/m1/s1. The van der Waals surface area contributed by atoms with Crippen molar-refractivity contribution in [3.8, 4) is 11.5 Å². The van der Waals surface area contributed by atoms with E-state index < -0.39 is 12.2 Å². The van der Waals surface area contributed by atoms with Crippen LogP contribution in [0.3, 0.4) is 0 Å². The molecule has 144 valence electrons. The molecule has 7 nitrogen and oxygen atoms in total. The zero-order valence-electron chi connectivity index (χ0n) is 15.5. The van der Waals surface area contributed by atoms with E-state index in [1.807, 2.05) is 12.1 Å². The van der Waals surface area contributed by atoms with Crippen molar-refractivity contribution in [2.24, 2.45) is 5.92 Å². The highest BCUT2D eigenvalue weighted by molar-refractivity contribution is 5.68. The average Bonchev–Trinajstić information content (AvgIpc) is 3.21. The van der Waals surface area contributed by atoms with Gasteiger partial charge in [0.15, 0.2) is 11.5 Å². The Morgan fingerprint density at radius 1 is 1.11 bits per heavy atom. The molecular weight excluding hydrogens is 350 g/mol. The lowest BCUT2D eigenvalue weighted by atomic mass is 9.68. The van der Waals surface area contributed by atoms with E-state index in [4.69, 9.17) is 18.9 Å². The van der Waals surface area contributed by atoms with Gasteiger partial charge in [-0.2, -0.15) is 0 Å². The Morgan fingerprint density at radius 2 is 1.85 bits per heavy atom. The SMILES string of the molecule is CC(=O)O[C@H]1[C@H]2c3cc4c(cc3CN3CC[C@H](C[C@@H]1OC(C)=O)[C@H]23)OCO4. The average molecular weight is 373 g/mol. The molecule has 7 heteroatoms. The molecule has 5 atom stereocenters. The van der Waals surface area contributed by atoms with Gasteiger partial charge < -0.3 is 18.9 Å². The van der Waals surface area contributed by atoms with Crippen LogP contribution in [0.2, 0.25) is 0 Å². The lowest BCUT2D eigenvalue weighted by molar-refractivity contribution is -0.176. The van der Waals surface area contributed by atoms with Gasteiger partial charge in [0.2, 0.25) is 6.79 Å². The van der Waals surface area contributed by atoms with Crippen molar-refractivity contribution in [2.45, 2.75) is 57.4 Å². The first-order valence-corrected chi connectivity index (χ1v) is 9.52. The predicted molar refractivity (Wildman–Crippen MR) is 93.3 cm³/mol. The second-order valence-electron chi connectivity index (χ2n) is 7.90. The lowest BCUT2D eigenvalue weighted by Gasteiger charge is -2.49. The minimum atomic E-state index is -0.493. The predicted octanol–water partition coefficient (Wildman–Crippen LogP) is 1.97. The van der Waals surface area contributed by atoms with Crippen LogP contribution < -0.4 is 9.47 Å². The summed E-state index contributed by atoms with van der Waals surface area (Å²) in [6, 6.07) is 4.36. The van der Waals surface area contributed by atoms with E-state index in [9.17, 15) is 9.59 Å². The van der Waals surface area contributed by atoms with Crippen LogP contribution in [0.4, 0.5) is 0 Å². The number of benzene rings is 1. The fourth-order valence-corrected chi connectivity index (χ4v) is 5.47. The van der Waals surface area contributed by atoms with Gasteiger partial charge in [0.05, 0.1) is 0 Å². The Morgan fingerprint density at radius 3 is 2.59 bits per heavy atom. The highest BCUT2D eigenvalue weighted by atomic mass is 16.7. The number of carbonyl (C=O) groups is 2. The molecule has 1 aliphatic carbocycles. The molecule has 1 aromatic rings. The van der Waals surface area contributed by atoms with Gasteiger partial charge in [0.25, 0.3) is 0 Å². The van der Waals surface area contributed by atoms with Crippen molar-refractivity contribution in [3.05, 3.63) is 23.3 Å². The van der Waals surface area contributed by atoms with E-state index in [-0.39, 0.29) is 30.7 Å². The fraction of sp³-hybridized carbons (Fsp3) is 0.600. The van der Waals surface area contributed by atoms with Crippen LogP contribution in [0.15, 0.2) is 12.1 Å². The van der Waals surface area contributed by atoms with Gasteiger partial charge in [-0.1, -0.05) is 0 Å². The summed E-state index contributed by atoms with van der Waals surface area (Å²) in [4.78, 5) is 26.0. The molecule has 0 amide bonds. The van der Waals surface area contributed by atoms with Gasteiger partial charge in [0, 0.05) is 32.4 Å². The molecule has 3 heterocycles. The molecule has 0 spiro atoms. The van der Waals surface area contributed by atoms with Crippen LogP contribution in [0.1, 0.15) is 43.7 Å². The molecule has 27 heavy (non-hydrogen) atoms. The zero-order chi connectivity index (χ0) is 18.7. The molecule has 3 aliphatic heterocycles. The molecule has 1 aromatic carbocycles. The summed E-state index contributed by atoms with van der Waals surface area (Å²) in [6.07, 6.45) is 0.878. The summed E-state index contributed by atoms with van der Waals surface area (Å²) < 4.78 is 22.5. The van der Waals surface area contributed by atoms with Gasteiger partial charge in [-0.05, 0) is 48.6 Å². The molecule has 2 fully saturated rings. The maximum Gasteiger partial charge on any atom is 0.303 e. The van der Waals surface area contributed by atoms with Crippen molar-refractivity contribution in [1.29, 1.82) is 0 Å². The van der Waals surface area contributed by atoms with Crippen LogP contribution in [0.5, 0.6) is 11.5 Å². The number of carbonyl (C=O) groups excluding carboxylic acids is 2. The van der Waals surface area contributed by atoms with Crippen molar-refractivity contribution in [3.63, 3.8) is 0 Å². The van der Waals surface area contributed by atoms with Gasteiger partial charge >= 0.3 is 11.9 Å². The second-order valence-corrected chi connectivity index (χ2v) is 7.90. The number of nitrogens with zero attached hydrogens (tertiary/aromatic N) is 1. The normalized spacial score (nSPS) is 33.2. The summed E-state index contributed by atoms with van der Waals surface area (Å²) >= 11 is 0. The highest BCUT2D eigenvalue weighted by Crippen LogP contribution is 2.52. The van der Waals surface area contributed by atoms with Gasteiger partial charge in [0.1, 0.15) is 12.2 Å². The number of rotatable bonds is 2. The van der Waals surface area contributed by atoms with E-state index in [2.05, 4.69) is 4.90 Å². The maximum atomic E-state index is 11.9. The third-order valence-corrected chi connectivity index (χ3v) is 6.30. The van der Waals surface area contributed by atoms with Crippen LogP contribution in [-0.2, 0) is 25.6 Å². The van der Waals surface area contributed by atoms with Crippen LogP contribution >= 0.6 is 0 Å². The van der Waals surface area contributed by atoms with Crippen molar-refractivity contribution < 1.29 is 28.5 Å². The number of hydrogen-bond donors (Lipinski definition) is 0. The first kappa shape index (κ1) is 16.9. The van der Waals surface area contributed by atoms with Crippen LogP contribution in [-0.4, -0.2) is 48.4 Å². The number of esters is 2. The summed E-state index contributed by atoms with van der Waals surface area (Å²) in [5.41, 5.74) is 2.29. The Kier molecular flexibility index (Phi) is 3.82. The van der Waals surface area contributed by atoms with Crippen LogP contribution in [0, 0.1) is 5.92 Å². The van der Waals surface area contributed by atoms with Gasteiger partial charge in [-0.3, -0.25) is 14.5 Å². The first-order chi connectivity index (χ1) is 13.0. The van der Waals surface area contributed by atoms with Crippen molar-refractivity contribution in [1.82, 2.24) is 4.90 Å². The molecule has 4 aliphatic rings. The second kappa shape index (κ2) is 6.12. The number of hydrogen-bond acceptors (Lipinski definition) is 7. The molecule has 0 bridgehead atoms. The minimum Gasteiger partial charge on any atom is -0.459 e. The molecule has 0 aromatic heterocycles. The lowest BCUT2D eigenvalue weighted by Crippen LogP contribution is -2.55. The van der Waals surface area contributed by atoms with Crippen molar-refractivity contribution in [2.75, 3.05) is 13.3 Å². The van der Waals surface area contributed by atoms with Gasteiger partial charge in [-0.15, -0.1) is 0 Å². The Bertz CT molecular complexity index is 808. The van der Waals surface area contributed by atoms with E-state index in [0.717, 1.165) is 43.0 Å². The molecule has 0 radical (unpaired) electrons. The first-order valence-electron chi connectivity index (χ1n) is 9.52. The topological polar surface area (TPSA) is 74.3 Å². The molecular formula is C20H23NO6. The molecule has 0 unspecified atom stereocenters. The van der Waals surface area contributed by atoms with E-state index in [0.29, 0.717) is 5.92 Å². The summed E-state index contributed by atoms with van der Waals surface area (Å²) in [5, 5.41) is 0. The fourth-order valence-electron chi connectivity index (χ4n) is 5.47. The van der Waals surface area contributed by atoms with Crippen molar-refractivity contribution >= 4 is 11.9 Å². The molecule has 5 rings (SSSR count). The number of fused-ring (bicyclic) bond motifs is 3. The highest BCUT2D eigenvalue weighted by Gasteiger charge is 2.55. The maximum absolute atomic E-state index is 11.9. The summed E-state index contributed by atoms with van der Waals surface area (Å²) in [5.74, 6) is 1.18. The zero-order valence-corrected chi connectivity index (χ0v) is 15.5. The Balaban J connectivity index is 1.61. The summed E-state index contributed by atoms with van der Waals surface area (Å²) in [6.45, 7) is 4.90. The smallest absolute Gasteiger partial charge is 0.303 e. The molecule has 1 saturated carbocycles. The van der Waals surface area contributed by atoms with E-state index >= 15 is 0 Å². The third kappa shape index (κ3) is 2.67. The van der Waals surface area contributed by atoms with Gasteiger partial charge in [-0.25, -0.2) is 0 Å². The Labute approximate surface area is 157 Å². The van der Waals surface area contributed by atoms with E-state index in [1.165, 1.54) is 19.4 Å². The monoisotopic (exact) mass is 373 g/mol. The largest absolute Gasteiger partial charge is 0.459 e. The minimum absolute atomic E-state index is 0.0438. The number of ether oxygens (including phenoxy) is 4. The molecule has 0 N–H and O–H groups in total.